The Balaban J connectivity index is 0.000000541. The number of aldehydes is 1. The second-order valence-corrected chi connectivity index (χ2v) is 4.77. The Labute approximate surface area is 127 Å². The number of aliphatic imine (C=N–C) groups is 1. The zero-order valence-corrected chi connectivity index (χ0v) is 12.8. The number of hydrogen-bond acceptors (Lipinski definition) is 6. The summed E-state index contributed by atoms with van der Waals surface area (Å²) in [5.74, 6) is 0.555. The van der Waals surface area contributed by atoms with Crippen molar-refractivity contribution in [1.29, 1.82) is 0 Å². The number of hydrogen-bond donors (Lipinski definition) is 4. The molecule has 0 aromatic carbocycles. The molecule has 2 atom stereocenters. The molecular formula is C11H18N4O6P+. The van der Waals surface area contributed by atoms with Crippen molar-refractivity contribution in [3.8, 4) is 0 Å². The second kappa shape index (κ2) is 9.34. The van der Waals surface area contributed by atoms with Crippen LogP contribution in [0.1, 0.15) is 29.6 Å². The van der Waals surface area contributed by atoms with Gasteiger partial charge in [-0.1, -0.05) is 0 Å². The van der Waals surface area contributed by atoms with E-state index in [0.29, 0.717) is 17.8 Å². The Morgan fingerprint density at radius 3 is 2.77 bits per heavy atom. The molecule has 2 rings (SSSR count). The maximum atomic E-state index is 10.9. The number of nitrogens with zero attached hydrogens (tertiary/aromatic N) is 3. The highest BCUT2D eigenvalue weighted by Crippen LogP contribution is 2.31. The number of aromatic nitrogens is 2. The molecule has 22 heavy (non-hydrogen) atoms. The molecule has 1 aromatic heterocycles. The van der Waals surface area contributed by atoms with Crippen molar-refractivity contribution in [1.82, 2.24) is 9.55 Å². The summed E-state index contributed by atoms with van der Waals surface area (Å²) in [6, 6.07) is 0. The molecule has 1 aliphatic heterocycles. The van der Waals surface area contributed by atoms with Crippen LogP contribution < -0.4 is 5.32 Å². The van der Waals surface area contributed by atoms with E-state index in [1.54, 1.807) is 17.9 Å². The minimum absolute atomic E-state index is 0.00488. The van der Waals surface area contributed by atoms with E-state index in [1.165, 1.54) is 6.34 Å². The highest BCUT2D eigenvalue weighted by atomic mass is 31.1. The van der Waals surface area contributed by atoms with E-state index in [1.807, 2.05) is 0 Å². The first-order chi connectivity index (χ1) is 10.5. The van der Waals surface area contributed by atoms with Gasteiger partial charge in [-0.3, -0.25) is 14.4 Å². The van der Waals surface area contributed by atoms with Crippen LogP contribution in [0.25, 0.3) is 0 Å². The SMILES string of the molecule is CN=CNc1c(C=O)ncn1C1CCC(CO)O1.O=[P+](O)O. The largest absolute Gasteiger partial charge is 0.692 e. The molecule has 122 valence electrons. The van der Waals surface area contributed by atoms with Crippen LogP contribution >= 0.6 is 8.25 Å². The number of imidazole rings is 1. The van der Waals surface area contributed by atoms with Gasteiger partial charge in [0.2, 0.25) is 0 Å². The van der Waals surface area contributed by atoms with Gasteiger partial charge in [0.25, 0.3) is 0 Å². The van der Waals surface area contributed by atoms with Crippen LogP contribution in [0.5, 0.6) is 0 Å². The fourth-order valence-electron chi connectivity index (χ4n) is 1.98. The lowest BCUT2D eigenvalue weighted by Gasteiger charge is -2.16. The number of rotatable bonds is 5. The number of aliphatic hydroxyl groups is 1. The van der Waals surface area contributed by atoms with E-state index in [9.17, 15) is 4.79 Å². The quantitative estimate of drug-likeness (QED) is 0.256. The molecule has 4 N–H and O–H groups in total. The predicted molar refractivity (Wildman–Crippen MR) is 77.9 cm³/mol. The smallest absolute Gasteiger partial charge is 0.394 e. The first-order valence-corrected chi connectivity index (χ1v) is 7.50. The van der Waals surface area contributed by atoms with Crippen molar-refractivity contribution in [2.45, 2.75) is 25.2 Å². The number of carbonyl (C=O) groups is 1. The molecule has 0 saturated carbocycles. The first-order valence-electron chi connectivity index (χ1n) is 6.34. The number of ether oxygens (including phenoxy) is 1. The van der Waals surface area contributed by atoms with Crippen molar-refractivity contribution in [2.75, 3.05) is 19.0 Å². The highest BCUT2D eigenvalue weighted by Gasteiger charge is 2.28. The summed E-state index contributed by atoms with van der Waals surface area (Å²) < 4.78 is 16.1. The summed E-state index contributed by atoms with van der Waals surface area (Å²) in [7, 11) is -1.24. The van der Waals surface area contributed by atoms with Crippen molar-refractivity contribution in [3.63, 3.8) is 0 Å². The van der Waals surface area contributed by atoms with Gasteiger partial charge in [0.15, 0.2) is 6.29 Å². The van der Waals surface area contributed by atoms with Gasteiger partial charge in [-0.2, -0.15) is 0 Å². The minimum atomic E-state index is -2.87. The van der Waals surface area contributed by atoms with E-state index in [2.05, 4.69) is 15.3 Å². The number of nitrogens with one attached hydrogen (secondary N) is 1. The number of aliphatic hydroxyl groups excluding tert-OH is 1. The molecule has 0 spiro atoms. The molecule has 11 heteroatoms. The molecule has 0 aliphatic carbocycles. The van der Waals surface area contributed by atoms with Gasteiger partial charge in [0.1, 0.15) is 17.7 Å². The summed E-state index contributed by atoms with van der Waals surface area (Å²) in [6.45, 7) is 0.00488. The Morgan fingerprint density at radius 1 is 1.59 bits per heavy atom. The molecule has 2 unspecified atom stereocenters. The van der Waals surface area contributed by atoms with Crippen molar-refractivity contribution in [3.05, 3.63) is 12.0 Å². The number of anilines is 1. The molecule has 1 aliphatic rings. The van der Waals surface area contributed by atoms with Crippen molar-refractivity contribution in [2.24, 2.45) is 4.99 Å². The van der Waals surface area contributed by atoms with Crippen LogP contribution in [-0.2, 0) is 9.30 Å². The van der Waals surface area contributed by atoms with Crippen LogP contribution in [-0.4, -0.2) is 56.8 Å². The van der Waals surface area contributed by atoms with Gasteiger partial charge < -0.3 is 15.2 Å². The molecule has 1 fully saturated rings. The average molecular weight is 333 g/mol. The third kappa shape index (κ3) is 5.24. The van der Waals surface area contributed by atoms with Crippen LogP contribution in [0.3, 0.4) is 0 Å². The molecule has 1 saturated heterocycles. The minimum Gasteiger partial charge on any atom is -0.394 e. The number of carbonyl (C=O) groups excluding carboxylic acids is 1. The molecule has 10 nitrogen and oxygen atoms in total. The van der Waals surface area contributed by atoms with Gasteiger partial charge >= 0.3 is 8.25 Å². The lowest BCUT2D eigenvalue weighted by molar-refractivity contribution is -0.0214. The lowest BCUT2D eigenvalue weighted by atomic mass is 10.2. The summed E-state index contributed by atoms with van der Waals surface area (Å²) >= 11 is 0. The molecule has 0 amide bonds. The van der Waals surface area contributed by atoms with E-state index in [0.717, 1.165) is 12.8 Å². The van der Waals surface area contributed by atoms with E-state index < -0.39 is 8.25 Å². The topological polar surface area (TPSA) is 146 Å². The zero-order valence-electron chi connectivity index (χ0n) is 11.9. The lowest BCUT2D eigenvalue weighted by Crippen LogP contribution is -2.15. The Bertz CT molecular complexity index is 531. The van der Waals surface area contributed by atoms with Gasteiger partial charge in [-0.25, -0.2) is 4.98 Å². The van der Waals surface area contributed by atoms with Crippen LogP contribution in [0.15, 0.2) is 11.3 Å². The maximum Gasteiger partial charge on any atom is 0.692 e. The third-order valence-electron chi connectivity index (χ3n) is 2.86. The van der Waals surface area contributed by atoms with Gasteiger partial charge in [0, 0.05) is 11.6 Å². The zero-order chi connectivity index (χ0) is 16.5. The standard InChI is InChI=1S/C11H16N4O3.HO3P/c1-12-6-13-11-9(5-17)14-7-15(11)10-3-2-8(4-16)18-10;1-4(2)3/h5-8,10,16H,2-4H2,1H3,(H,12,13);(H-,1,2,3)/p+1. The van der Waals surface area contributed by atoms with Crippen molar-refractivity contribution >= 4 is 26.7 Å². The van der Waals surface area contributed by atoms with E-state index >= 15 is 0 Å². The van der Waals surface area contributed by atoms with Crippen LogP contribution in [0.4, 0.5) is 5.82 Å². The fourth-order valence-corrected chi connectivity index (χ4v) is 1.98. The predicted octanol–water partition coefficient (Wildman–Crippen LogP) is 0.0639. The Kier molecular flexibility index (Phi) is 7.78. The van der Waals surface area contributed by atoms with Crippen molar-refractivity contribution < 1.29 is 29.0 Å². The summed E-state index contributed by atoms with van der Waals surface area (Å²) in [4.78, 5) is 33.0. The maximum absolute atomic E-state index is 10.9. The van der Waals surface area contributed by atoms with E-state index in [-0.39, 0.29) is 18.9 Å². The molecule has 0 radical (unpaired) electrons. The summed E-state index contributed by atoms with van der Waals surface area (Å²) in [5.41, 5.74) is 0.311. The van der Waals surface area contributed by atoms with Gasteiger partial charge in [-0.05, 0) is 12.8 Å². The van der Waals surface area contributed by atoms with Crippen LogP contribution in [0.2, 0.25) is 0 Å². The monoisotopic (exact) mass is 333 g/mol. The van der Waals surface area contributed by atoms with Crippen LogP contribution in [0, 0.1) is 0 Å². The second-order valence-electron chi connectivity index (χ2n) is 4.26. The fraction of sp³-hybridized carbons (Fsp3) is 0.545. The van der Waals surface area contributed by atoms with Gasteiger partial charge in [0.05, 0.1) is 25.4 Å². The molecule has 0 bridgehead atoms. The molecular weight excluding hydrogens is 315 g/mol. The van der Waals surface area contributed by atoms with E-state index in [4.69, 9.17) is 24.2 Å². The third-order valence-corrected chi connectivity index (χ3v) is 2.86. The molecule has 1 aromatic rings. The Morgan fingerprint density at radius 2 is 2.27 bits per heavy atom. The summed E-state index contributed by atoms with van der Waals surface area (Å²) in [5, 5.41) is 12.0. The average Bonchev–Trinajstić information content (AvgIpc) is 3.10. The Hall–Kier alpha value is -1.71. The highest BCUT2D eigenvalue weighted by molar-refractivity contribution is 7.30. The normalized spacial score (nSPS) is 20.5. The summed E-state index contributed by atoms with van der Waals surface area (Å²) in [6.07, 6.45) is 4.93. The molecule has 2 heterocycles. The first kappa shape index (κ1) is 18.3. The van der Waals surface area contributed by atoms with Gasteiger partial charge in [-0.15, -0.1) is 9.79 Å².